The number of Topliss-reactive ketones (excluding diaryl/α,β-unsaturated/α-hetero) is 1. The van der Waals surface area contributed by atoms with Crippen molar-refractivity contribution in [3.05, 3.63) is 65.0 Å². The topological polar surface area (TPSA) is 60.1 Å². The fourth-order valence-corrected chi connectivity index (χ4v) is 3.77. The number of rotatable bonds is 4. The lowest BCUT2D eigenvalue weighted by Gasteiger charge is -2.23. The van der Waals surface area contributed by atoms with Crippen molar-refractivity contribution >= 4 is 34.9 Å². The molecule has 1 aliphatic rings. The number of hydrogen-bond donors (Lipinski definition) is 0. The van der Waals surface area contributed by atoms with Gasteiger partial charge in [-0.05, 0) is 30.0 Å². The van der Waals surface area contributed by atoms with Gasteiger partial charge in [0.1, 0.15) is 0 Å². The Bertz CT molecular complexity index is 967. The number of fused-ring (bicyclic) bond motifs is 3. The molecule has 2 aromatic heterocycles. The Balaban J connectivity index is 1.75. The molecule has 25 heavy (non-hydrogen) atoms. The van der Waals surface area contributed by atoms with Crippen molar-refractivity contribution in [1.82, 2.24) is 19.6 Å². The molecule has 0 N–H and O–H groups in total. The lowest BCUT2D eigenvalue weighted by atomic mass is 9.82. The molecule has 0 saturated heterocycles. The highest BCUT2D eigenvalue weighted by atomic mass is 35.5. The average Bonchev–Trinajstić information content (AvgIpc) is 3.04. The second-order valence-electron chi connectivity index (χ2n) is 5.90. The predicted octanol–water partition coefficient (Wildman–Crippen LogP) is 3.97. The first kappa shape index (κ1) is 16.3. The maximum atomic E-state index is 12.6. The minimum atomic E-state index is 0.0893. The van der Waals surface area contributed by atoms with Gasteiger partial charge in [-0.15, -0.1) is 11.7 Å². The van der Waals surface area contributed by atoms with E-state index in [0.717, 1.165) is 23.4 Å². The first-order valence-electron chi connectivity index (χ1n) is 7.92. The Morgan fingerprint density at radius 1 is 1.32 bits per heavy atom. The normalized spacial score (nSPS) is 16.8. The number of thioether (sulfide) groups is 1. The zero-order valence-electron chi connectivity index (χ0n) is 13.4. The van der Waals surface area contributed by atoms with Gasteiger partial charge in [0, 0.05) is 23.4 Å². The van der Waals surface area contributed by atoms with Gasteiger partial charge in [0.2, 0.25) is 5.16 Å². The van der Waals surface area contributed by atoms with Gasteiger partial charge in [0.25, 0.3) is 5.78 Å². The van der Waals surface area contributed by atoms with Crippen LogP contribution in [-0.2, 0) is 6.42 Å². The largest absolute Gasteiger partial charge is 0.294 e. The first-order valence-corrected chi connectivity index (χ1v) is 9.29. The second kappa shape index (κ2) is 6.61. The number of nitrogens with zero attached hydrogens (tertiary/aromatic N) is 4. The van der Waals surface area contributed by atoms with Crippen molar-refractivity contribution in [2.45, 2.75) is 23.9 Å². The summed E-state index contributed by atoms with van der Waals surface area (Å²) in [6.07, 6.45) is 4.62. The summed E-state index contributed by atoms with van der Waals surface area (Å²) in [5.41, 5.74) is 2.62. The van der Waals surface area contributed by atoms with Crippen molar-refractivity contribution < 1.29 is 4.79 Å². The number of hydrogen-bond acceptors (Lipinski definition) is 5. The van der Waals surface area contributed by atoms with Crippen molar-refractivity contribution in [2.75, 3.05) is 5.75 Å². The van der Waals surface area contributed by atoms with Crippen LogP contribution in [0.5, 0.6) is 0 Å². The maximum Gasteiger partial charge on any atom is 0.253 e. The minimum absolute atomic E-state index is 0.0893. The number of benzene rings is 1. The Kier molecular flexibility index (Phi) is 4.31. The summed E-state index contributed by atoms with van der Waals surface area (Å²) in [6, 6.07) is 7.68. The van der Waals surface area contributed by atoms with E-state index in [1.165, 1.54) is 11.8 Å². The maximum absolute atomic E-state index is 12.6. The number of halogens is 1. The molecule has 0 spiro atoms. The SMILES string of the molecule is C=CCSc1nc2ncc3c(n2n1)CC(c1ccc(Cl)cc1)CC3=O. The summed E-state index contributed by atoms with van der Waals surface area (Å²) in [4.78, 5) is 21.3. The van der Waals surface area contributed by atoms with E-state index in [1.54, 1.807) is 16.8 Å². The molecule has 1 atom stereocenters. The van der Waals surface area contributed by atoms with Gasteiger partial charge in [-0.2, -0.15) is 9.50 Å². The van der Waals surface area contributed by atoms with E-state index in [1.807, 2.05) is 24.3 Å². The number of aromatic nitrogens is 4. The molecule has 1 unspecified atom stereocenters. The van der Waals surface area contributed by atoms with Crippen LogP contribution in [0.4, 0.5) is 0 Å². The summed E-state index contributed by atoms with van der Waals surface area (Å²) in [5.74, 6) is 1.45. The highest BCUT2D eigenvalue weighted by Crippen LogP contribution is 2.33. The van der Waals surface area contributed by atoms with Crippen molar-refractivity contribution in [1.29, 1.82) is 0 Å². The zero-order chi connectivity index (χ0) is 17.4. The molecular weight excluding hydrogens is 356 g/mol. The minimum Gasteiger partial charge on any atom is -0.294 e. The molecule has 7 heteroatoms. The van der Waals surface area contributed by atoms with Crippen molar-refractivity contribution in [3.63, 3.8) is 0 Å². The van der Waals surface area contributed by atoms with E-state index in [4.69, 9.17) is 11.6 Å². The van der Waals surface area contributed by atoms with Gasteiger partial charge in [-0.1, -0.05) is 41.6 Å². The van der Waals surface area contributed by atoms with Crippen molar-refractivity contribution in [2.24, 2.45) is 0 Å². The van der Waals surface area contributed by atoms with Gasteiger partial charge in [-0.3, -0.25) is 4.79 Å². The van der Waals surface area contributed by atoms with Crippen LogP contribution in [0.2, 0.25) is 5.02 Å². The molecule has 0 fully saturated rings. The summed E-state index contributed by atoms with van der Waals surface area (Å²) in [6.45, 7) is 3.71. The van der Waals surface area contributed by atoms with Gasteiger partial charge in [-0.25, -0.2) is 4.98 Å². The van der Waals surface area contributed by atoms with Crippen molar-refractivity contribution in [3.8, 4) is 0 Å². The molecule has 1 aromatic carbocycles. The molecule has 2 heterocycles. The third-order valence-corrected chi connectivity index (χ3v) is 5.38. The number of ketones is 1. The standard InChI is InChI=1S/C18H15ClN4OS/c1-2-7-25-18-21-17-20-10-14-15(23(17)22-18)8-12(9-16(14)24)11-3-5-13(19)6-4-11/h2-6,10,12H,1,7-9H2. The van der Waals surface area contributed by atoms with Crippen LogP contribution in [0.3, 0.4) is 0 Å². The average molecular weight is 371 g/mol. The van der Waals surface area contributed by atoms with Gasteiger partial charge >= 0.3 is 0 Å². The fraction of sp³-hybridized carbons (Fsp3) is 0.222. The molecule has 0 amide bonds. The summed E-state index contributed by atoms with van der Waals surface area (Å²) in [7, 11) is 0. The Hall–Kier alpha value is -2.18. The monoisotopic (exact) mass is 370 g/mol. The summed E-state index contributed by atoms with van der Waals surface area (Å²) in [5, 5.41) is 5.86. The van der Waals surface area contributed by atoms with E-state index in [-0.39, 0.29) is 11.7 Å². The summed E-state index contributed by atoms with van der Waals surface area (Å²) < 4.78 is 1.71. The Morgan fingerprint density at radius 2 is 2.12 bits per heavy atom. The van der Waals surface area contributed by atoms with E-state index in [2.05, 4.69) is 21.6 Å². The Labute approximate surface area is 154 Å². The van der Waals surface area contributed by atoms with Crippen LogP contribution in [0, 0.1) is 0 Å². The lowest BCUT2D eigenvalue weighted by Crippen LogP contribution is -2.22. The third kappa shape index (κ3) is 3.07. The van der Waals surface area contributed by atoms with E-state index < -0.39 is 0 Å². The molecule has 0 radical (unpaired) electrons. The van der Waals surface area contributed by atoms with Gasteiger partial charge in [0.05, 0.1) is 11.3 Å². The quantitative estimate of drug-likeness (QED) is 0.513. The van der Waals surface area contributed by atoms with E-state index in [9.17, 15) is 4.79 Å². The number of carbonyl (C=O) groups excluding carboxylic acids is 1. The first-order chi connectivity index (χ1) is 12.2. The third-order valence-electron chi connectivity index (χ3n) is 4.29. The van der Waals surface area contributed by atoms with Crippen LogP contribution in [0.25, 0.3) is 5.78 Å². The van der Waals surface area contributed by atoms with Crippen LogP contribution < -0.4 is 0 Å². The lowest BCUT2D eigenvalue weighted by molar-refractivity contribution is 0.0962. The van der Waals surface area contributed by atoms with Gasteiger partial charge in [0.15, 0.2) is 5.78 Å². The molecule has 0 aliphatic heterocycles. The van der Waals surface area contributed by atoms with E-state index >= 15 is 0 Å². The molecular formula is C18H15ClN4OS. The Morgan fingerprint density at radius 3 is 2.88 bits per heavy atom. The second-order valence-corrected chi connectivity index (χ2v) is 7.33. The molecule has 5 nitrogen and oxygen atoms in total. The molecule has 4 rings (SSSR count). The predicted molar refractivity (Wildman–Crippen MR) is 98.5 cm³/mol. The molecule has 0 bridgehead atoms. The molecule has 1 aliphatic carbocycles. The van der Waals surface area contributed by atoms with Gasteiger partial charge < -0.3 is 0 Å². The highest BCUT2D eigenvalue weighted by molar-refractivity contribution is 7.99. The molecule has 0 saturated carbocycles. The smallest absolute Gasteiger partial charge is 0.253 e. The fourth-order valence-electron chi connectivity index (χ4n) is 3.09. The number of carbonyl (C=O) groups is 1. The molecule has 126 valence electrons. The van der Waals surface area contributed by atoms with Crippen LogP contribution >= 0.6 is 23.4 Å². The zero-order valence-corrected chi connectivity index (χ0v) is 14.9. The molecule has 3 aromatic rings. The highest BCUT2D eigenvalue weighted by Gasteiger charge is 2.29. The van der Waals surface area contributed by atoms with Crippen LogP contribution in [0.1, 0.15) is 34.0 Å². The summed E-state index contributed by atoms with van der Waals surface area (Å²) >= 11 is 7.47. The van der Waals surface area contributed by atoms with Crippen LogP contribution in [0.15, 0.2) is 48.3 Å². The van der Waals surface area contributed by atoms with E-state index in [0.29, 0.717) is 27.9 Å². The van der Waals surface area contributed by atoms with Crippen LogP contribution in [-0.4, -0.2) is 31.1 Å².